The molecule has 0 unspecified atom stereocenters. The molecule has 12 heavy (non-hydrogen) atoms. The summed E-state index contributed by atoms with van der Waals surface area (Å²) in [7, 11) is 0. The fourth-order valence-electron chi connectivity index (χ4n) is 0.369. The molecule has 0 aliphatic heterocycles. The van der Waals surface area contributed by atoms with E-state index < -0.39 is 0 Å². The van der Waals surface area contributed by atoms with Crippen LogP contribution in [0.4, 0.5) is 0 Å². The molecule has 0 rings (SSSR count). The Balaban J connectivity index is 0. The summed E-state index contributed by atoms with van der Waals surface area (Å²) in [4.78, 5) is 0. The van der Waals surface area contributed by atoms with Gasteiger partial charge in [-0.25, -0.2) is 0 Å². The number of hydrogen-bond acceptors (Lipinski definition) is 3. The van der Waals surface area contributed by atoms with E-state index in [1.54, 1.807) is 0 Å². The number of rotatable bonds is 4. The zero-order valence-electron chi connectivity index (χ0n) is 8.45. The third-order valence-electron chi connectivity index (χ3n) is 1.58. The van der Waals surface area contributed by atoms with Crippen molar-refractivity contribution in [2.75, 3.05) is 13.2 Å². The first-order chi connectivity index (χ1) is 5.59. The van der Waals surface area contributed by atoms with Gasteiger partial charge in [0.15, 0.2) is 0 Å². The number of hydrogen-bond donors (Lipinski definition) is 3. The van der Waals surface area contributed by atoms with Crippen molar-refractivity contribution in [3.05, 3.63) is 0 Å². The Labute approximate surface area is 75.6 Å². The molecule has 3 nitrogen and oxygen atoms in total. The third-order valence-corrected chi connectivity index (χ3v) is 1.58. The van der Waals surface area contributed by atoms with Gasteiger partial charge in [0.1, 0.15) is 0 Å². The fraction of sp³-hybridized carbons (Fsp3) is 1.00. The van der Waals surface area contributed by atoms with Gasteiger partial charge >= 0.3 is 0 Å². The summed E-state index contributed by atoms with van der Waals surface area (Å²) in [6.45, 7) is 6.46. The molecule has 0 saturated carbocycles. The largest absolute Gasteiger partial charge is 0.396 e. The normalized spacial score (nSPS) is 12.2. The fourth-order valence-corrected chi connectivity index (χ4v) is 0.369. The molecule has 0 aromatic carbocycles. The van der Waals surface area contributed by atoms with Gasteiger partial charge in [-0.2, -0.15) is 0 Å². The Morgan fingerprint density at radius 1 is 1.25 bits per heavy atom. The molecule has 0 spiro atoms. The first-order valence-electron chi connectivity index (χ1n) is 4.57. The lowest BCUT2D eigenvalue weighted by Crippen LogP contribution is -2.29. The van der Waals surface area contributed by atoms with Crippen LogP contribution < -0.4 is 5.73 Å². The summed E-state index contributed by atoms with van der Waals surface area (Å²) in [5.41, 5.74) is 5.37. The van der Waals surface area contributed by atoms with Crippen LogP contribution in [0.15, 0.2) is 0 Å². The van der Waals surface area contributed by atoms with Crippen molar-refractivity contribution in [3.63, 3.8) is 0 Å². The second kappa shape index (κ2) is 10.9. The predicted molar refractivity (Wildman–Crippen MR) is 51.9 cm³/mol. The lowest BCUT2D eigenvalue weighted by Gasteiger charge is -2.10. The molecule has 0 aliphatic rings. The summed E-state index contributed by atoms with van der Waals surface area (Å²) in [6, 6.07) is -0.0417. The highest BCUT2D eigenvalue weighted by atomic mass is 16.3. The van der Waals surface area contributed by atoms with E-state index >= 15 is 0 Å². The van der Waals surface area contributed by atoms with E-state index in [9.17, 15) is 0 Å². The van der Waals surface area contributed by atoms with E-state index in [2.05, 4.69) is 6.92 Å². The van der Waals surface area contributed by atoms with Crippen LogP contribution in [-0.2, 0) is 0 Å². The molecule has 0 aliphatic carbocycles. The van der Waals surface area contributed by atoms with E-state index in [0.717, 1.165) is 12.8 Å². The average Bonchev–Trinajstić information content (AvgIpc) is 2.05. The molecule has 4 N–H and O–H groups in total. The van der Waals surface area contributed by atoms with Crippen LogP contribution in [0.3, 0.4) is 0 Å². The molecule has 0 aromatic heterocycles. The van der Waals surface area contributed by atoms with Gasteiger partial charge in [-0.05, 0) is 12.3 Å². The number of aliphatic hydroxyl groups is 2. The van der Waals surface area contributed by atoms with Gasteiger partial charge in [0.2, 0.25) is 0 Å². The maximum atomic E-state index is 8.38. The zero-order chi connectivity index (χ0) is 9.98. The zero-order valence-corrected chi connectivity index (χ0v) is 8.45. The highest BCUT2D eigenvalue weighted by molar-refractivity contribution is 4.61. The van der Waals surface area contributed by atoms with Crippen LogP contribution in [0.2, 0.25) is 0 Å². The topological polar surface area (TPSA) is 66.5 Å². The van der Waals surface area contributed by atoms with Crippen molar-refractivity contribution in [2.45, 2.75) is 39.7 Å². The SMILES string of the molecule is CC(C)[C@H](N)CO.CCCCO. The van der Waals surface area contributed by atoms with Gasteiger partial charge < -0.3 is 15.9 Å². The van der Waals surface area contributed by atoms with E-state index in [0.29, 0.717) is 12.5 Å². The van der Waals surface area contributed by atoms with Gasteiger partial charge in [0.05, 0.1) is 6.61 Å². The van der Waals surface area contributed by atoms with Gasteiger partial charge in [-0.3, -0.25) is 0 Å². The number of unbranched alkanes of at least 4 members (excludes halogenated alkanes) is 1. The summed E-state index contributed by atoms with van der Waals surface area (Å²) in [6.07, 6.45) is 2.04. The quantitative estimate of drug-likeness (QED) is 0.593. The summed E-state index contributed by atoms with van der Waals surface area (Å²) in [5.74, 6) is 0.394. The Morgan fingerprint density at radius 2 is 1.75 bits per heavy atom. The second-order valence-electron chi connectivity index (χ2n) is 3.17. The molecule has 0 radical (unpaired) electrons. The van der Waals surface area contributed by atoms with Crippen molar-refractivity contribution in [1.82, 2.24) is 0 Å². The van der Waals surface area contributed by atoms with Crippen molar-refractivity contribution in [2.24, 2.45) is 11.7 Å². The van der Waals surface area contributed by atoms with E-state index in [-0.39, 0.29) is 12.6 Å². The Bertz CT molecular complexity index is 74.9. The standard InChI is InChI=1S/C5H13NO.C4H10O/c1-4(2)5(6)3-7;1-2-3-4-5/h4-5,7H,3,6H2,1-2H3;5H,2-4H2,1H3/t5-;/m1./s1. The van der Waals surface area contributed by atoms with Crippen molar-refractivity contribution in [3.8, 4) is 0 Å². The third kappa shape index (κ3) is 12.5. The van der Waals surface area contributed by atoms with Gasteiger partial charge in [-0.1, -0.05) is 27.2 Å². The molecular weight excluding hydrogens is 154 g/mol. The highest BCUT2D eigenvalue weighted by Crippen LogP contribution is 1.94. The van der Waals surface area contributed by atoms with E-state index in [1.165, 1.54) is 0 Å². The van der Waals surface area contributed by atoms with Crippen LogP contribution in [0.1, 0.15) is 33.6 Å². The summed E-state index contributed by atoms with van der Waals surface area (Å²) < 4.78 is 0. The van der Waals surface area contributed by atoms with Gasteiger partial charge in [-0.15, -0.1) is 0 Å². The minimum atomic E-state index is -0.0417. The van der Waals surface area contributed by atoms with Crippen molar-refractivity contribution in [1.29, 1.82) is 0 Å². The molecular formula is C9H23NO2. The first-order valence-corrected chi connectivity index (χ1v) is 4.57. The van der Waals surface area contributed by atoms with E-state index in [1.807, 2.05) is 13.8 Å². The maximum absolute atomic E-state index is 8.38. The monoisotopic (exact) mass is 177 g/mol. The van der Waals surface area contributed by atoms with Gasteiger partial charge in [0.25, 0.3) is 0 Å². The summed E-state index contributed by atoms with van der Waals surface area (Å²) >= 11 is 0. The molecule has 0 bridgehead atoms. The Kier molecular flexibility index (Phi) is 13.1. The van der Waals surface area contributed by atoms with Crippen LogP contribution in [0.5, 0.6) is 0 Å². The van der Waals surface area contributed by atoms with Crippen LogP contribution >= 0.6 is 0 Å². The minimum absolute atomic E-state index is 0.0417. The molecule has 0 heterocycles. The predicted octanol–water partition coefficient (Wildman–Crippen LogP) is 0.741. The number of aliphatic hydroxyl groups excluding tert-OH is 2. The van der Waals surface area contributed by atoms with Crippen LogP contribution in [0.25, 0.3) is 0 Å². The maximum Gasteiger partial charge on any atom is 0.0585 e. The summed E-state index contributed by atoms with van der Waals surface area (Å²) in [5, 5.41) is 16.4. The molecule has 0 aromatic rings. The number of nitrogens with two attached hydrogens (primary N) is 1. The molecule has 76 valence electrons. The minimum Gasteiger partial charge on any atom is -0.396 e. The molecule has 0 saturated heterocycles. The molecule has 1 atom stereocenters. The molecule has 3 heteroatoms. The second-order valence-corrected chi connectivity index (χ2v) is 3.17. The van der Waals surface area contributed by atoms with Crippen molar-refractivity contribution >= 4 is 0 Å². The van der Waals surface area contributed by atoms with E-state index in [4.69, 9.17) is 15.9 Å². The molecule has 0 amide bonds. The molecule has 0 fully saturated rings. The lowest BCUT2D eigenvalue weighted by atomic mass is 10.1. The van der Waals surface area contributed by atoms with Crippen LogP contribution in [-0.4, -0.2) is 29.5 Å². The Hall–Kier alpha value is -0.120. The van der Waals surface area contributed by atoms with Gasteiger partial charge in [0, 0.05) is 12.6 Å². The lowest BCUT2D eigenvalue weighted by molar-refractivity contribution is 0.238. The van der Waals surface area contributed by atoms with Crippen molar-refractivity contribution < 1.29 is 10.2 Å². The average molecular weight is 177 g/mol. The van der Waals surface area contributed by atoms with Crippen LogP contribution in [0, 0.1) is 5.92 Å². The highest BCUT2D eigenvalue weighted by Gasteiger charge is 2.02. The Morgan fingerprint density at radius 3 is 1.75 bits per heavy atom. The first kappa shape index (κ1) is 14.4. The smallest absolute Gasteiger partial charge is 0.0585 e.